The first-order chi connectivity index (χ1) is 2.94. The van der Waals surface area contributed by atoms with Crippen molar-refractivity contribution < 1.29 is 39.5 Å². The van der Waals surface area contributed by atoms with E-state index in [4.69, 9.17) is 0 Å². The third kappa shape index (κ3) is 5.09. The molecular formula is C4H6BrNaO2. The molecule has 0 aromatic rings. The molecule has 8 heavy (non-hydrogen) atoms. The van der Waals surface area contributed by atoms with Crippen molar-refractivity contribution in [1.29, 1.82) is 0 Å². The van der Waals surface area contributed by atoms with Gasteiger partial charge in [0.05, 0.1) is 10.3 Å². The molecule has 0 atom stereocenters. The van der Waals surface area contributed by atoms with Crippen molar-refractivity contribution in [3.8, 4) is 0 Å². The van der Waals surface area contributed by atoms with Crippen LogP contribution < -0.4 is 34.7 Å². The fourth-order valence-corrected chi connectivity index (χ4v) is 0. The van der Waals surface area contributed by atoms with E-state index in [0.717, 1.165) is 0 Å². The van der Waals surface area contributed by atoms with Crippen LogP contribution in [0.3, 0.4) is 0 Å². The largest absolute Gasteiger partial charge is 1.00 e. The first-order valence-electron chi connectivity index (χ1n) is 1.85. The molecule has 0 fully saturated rings. The second kappa shape index (κ2) is 3.88. The Morgan fingerprint density at radius 1 is 1.62 bits per heavy atom. The molecular weight excluding hydrogens is 183 g/mol. The molecule has 0 aliphatic carbocycles. The maximum atomic E-state index is 9.86. The van der Waals surface area contributed by atoms with Crippen molar-refractivity contribution >= 4 is 21.9 Å². The number of alkyl halides is 1. The van der Waals surface area contributed by atoms with Gasteiger partial charge in [-0.25, -0.2) is 0 Å². The Morgan fingerprint density at radius 2 is 1.75 bits per heavy atom. The maximum absolute atomic E-state index is 9.86. The van der Waals surface area contributed by atoms with Crippen LogP contribution in [-0.2, 0) is 4.79 Å². The van der Waals surface area contributed by atoms with Gasteiger partial charge in [0.25, 0.3) is 0 Å². The molecule has 0 rings (SSSR count). The van der Waals surface area contributed by atoms with Crippen LogP contribution in [0.1, 0.15) is 13.8 Å². The average Bonchev–Trinajstić information content (AvgIpc) is 1.31. The number of carboxylic acids is 1. The zero-order valence-electron chi connectivity index (χ0n) is 5.19. The first-order valence-corrected chi connectivity index (χ1v) is 2.64. The molecule has 0 bridgehead atoms. The van der Waals surface area contributed by atoms with Crippen molar-refractivity contribution in [3.63, 3.8) is 0 Å². The molecule has 4 heteroatoms. The second-order valence-electron chi connectivity index (χ2n) is 1.76. The summed E-state index contributed by atoms with van der Waals surface area (Å²) in [5.74, 6) is -1.09. The molecule has 0 radical (unpaired) electrons. The normalized spacial score (nSPS) is 9.88. The molecule has 42 valence electrons. The number of halogens is 1. The average molecular weight is 189 g/mol. The van der Waals surface area contributed by atoms with Gasteiger partial charge in [-0.05, 0) is 13.8 Å². The van der Waals surface area contributed by atoms with Gasteiger partial charge in [0.15, 0.2) is 0 Å². The van der Waals surface area contributed by atoms with Crippen LogP contribution in [0.4, 0.5) is 0 Å². The zero-order valence-corrected chi connectivity index (χ0v) is 8.78. The Hall–Kier alpha value is 0.950. The summed E-state index contributed by atoms with van der Waals surface area (Å²) < 4.78 is -0.882. The van der Waals surface area contributed by atoms with E-state index in [1.165, 1.54) is 13.8 Å². The fourth-order valence-electron chi connectivity index (χ4n) is 0. The number of rotatable bonds is 1. The summed E-state index contributed by atoms with van der Waals surface area (Å²) in [4.78, 5) is 9.86. The van der Waals surface area contributed by atoms with Gasteiger partial charge in [0, 0.05) is 0 Å². The molecule has 2 nitrogen and oxygen atoms in total. The van der Waals surface area contributed by atoms with E-state index in [2.05, 4.69) is 15.9 Å². The van der Waals surface area contributed by atoms with E-state index >= 15 is 0 Å². The van der Waals surface area contributed by atoms with Gasteiger partial charge in [0.2, 0.25) is 0 Å². The van der Waals surface area contributed by atoms with Gasteiger partial charge in [-0.3, -0.25) is 0 Å². The minimum absolute atomic E-state index is 0. The standard InChI is InChI=1S/C4H7BrO2.Na/c1-4(2,5)3(6)7;/h1-2H3,(H,6,7);/q;+1/p-1. The number of carbonyl (C=O) groups excluding carboxylic acids is 1. The first kappa shape index (κ1) is 11.7. The Morgan fingerprint density at radius 3 is 1.75 bits per heavy atom. The van der Waals surface area contributed by atoms with Crippen LogP contribution in [0.2, 0.25) is 0 Å². The van der Waals surface area contributed by atoms with Crippen molar-refractivity contribution in [1.82, 2.24) is 0 Å². The SMILES string of the molecule is CC(C)(Br)C(=O)[O-].[Na+]. The molecule has 0 saturated carbocycles. The van der Waals surface area contributed by atoms with Crippen LogP contribution in [0.15, 0.2) is 0 Å². The summed E-state index contributed by atoms with van der Waals surface area (Å²) in [6.07, 6.45) is 0. The van der Waals surface area contributed by atoms with Gasteiger partial charge in [-0.15, -0.1) is 0 Å². The van der Waals surface area contributed by atoms with E-state index in [-0.39, 0.29) is 29.6 Å². The molecule has 0 heterocycles. The minimum Gasteiger partial charge on any atom is -0.549 e. The summed E-state index contributed by atoms with van der Waals surface area (Å²) >= 11 is 2.88. The Balaban J connectivity index is 0. The Kier molecular flexibility index (Phi) is 5.68. The summed E-state index contributed by atoms with van der Waals surface area (Å²) in [6.45, 7) is 3.03. The minimum atomic E-state index is -1.09. The number of carboxylic acid groups (broad SMARTS) is 1. The Labute approximate surface area is 79.1 Å². The van der Waals surface area contributed by atoms with Gasteiger partial charge in [-0.1, -0.05) is 15.9 Å². The predicted octanol–water partition coefficient (Wildman–Crippen LogP) is -3.09. The molecule has 0 aromatic carbocycles. The molecule has 0 aromatic heterocycles. The van der Waals surface area contributed by atoms with Crippen molar-refractivity contribution in [2.75, 3.05) is 0 Å². The molecule has 0 amide bonds. The molecule has 0 spiro atoms. The van der Waals surface area contributed by atoms with E-state index < -0.39 is 10.3 Å². The van der Waals surface area contributed by atoms with Gasteiger partial charge in [0.1, 0.15) is 0 Å². The maximum Gasteiger partial charge on any atom is 1.00 e. The number of aliphatic carboxylic acids is 1. The summed E-state index contributed by atoms with van der Waals surface area (Å²) in [5.41, 5.74) is 0. The molecule has 0 saturated heterocycles. The quantitative estimate of drug-likeness (QED) is 0.324. The molecule has 0 aliphatic heterocycles. The second-order valence-corrected chi connectivity index (χ2v) is 3.74. The van der Waals surface area contributed by atoms with Crippen LogP contribution >= 0.6 is 15.9 Å². The number of carbonyl (C=O) groups is 1. The van der Waals surface area contributed by atoms with Gasteiger partial charge in [-0.2, -0.15) is 0 Å². The zero-order chi connectivity index (χ0) is 6.08. The van der Waals surface area contributed by atoms with Gasteiger partial charge < -0.3 is 9.90 Å². The molecule has 0 aliphatic rings. The smallest absolute Gasteiger partial charge is 0.549 e. The van der Waals surface area contributed by atoms with Crippen molar-refractivity contribution in [2.24, 2.45) is 0 Å². The topological polar surface area (TPSA) is 40.1 Å². The van der Waals surface area contributed by atoms with E-state index in [1.54, 1.807) is 0 Å². The van der Waals surface area contributed by atoms with Crippen molar-refractivity contribution in [2.45, 2.75) is 18.2 Å². The van der Waals surface area contributed by atoms with Crippen LogP contribution in [0, 0.1) is 0 Å². The predicted molar refractivity (Wildman–Crippen MR) is 28.0 cm³/mol. The molecule has 0 N–H and O–H groups in total. The third-order valence-electron chi connectivity index (χ3n) is 0.485. The number of hydrogen-bond donors (Lipinski definition) is 0. The summed E-state index contributed by atoms with van der Waals surface area (Å²) in [7, 11) is 0. The summed E-state index contributed by atoms with van der Waals surface area (Å²) in [6, 6.07) is 0. The van der Waals surface area contributed by atoms with Crippen molar-refractivity contribution in [3.05, 3.63) is 0 Å². The van der Waals surface area contributed by atoms with Crippen LogP contribution in [-0.4, -0.2) is 10.3 Å². The Bertz CT molecular complexity index is 86.5. The van der Waals surface area contributed by atoms with E-state index in [9.17, 15) is 9.90 Å². The summed E-state index contributed by atoms with van der Waals surface area (Å²) in [5, 5.41) is 9.86. The van der Waals surface area contributed by atoms with E-state index in [0.29, 0.717) is 0 Å². The van der Waals surface area contributed by atoms with E-state index in [1.807, 2.05) is 0 Å². The van der Waals surface area contributed by atoms with Crippen LogP contribution in [0.5, 0.6) is 0 Å². The third-order valence-corrected chi connectivity index (χ3v) is 0.809. The number of hydrogen-bond acceptors (Lipinski definition) is 2. The monoisotopic (exact) mass is 188 g/mol. The molecule has 0 unspecified atom stereocenters. The fraction of sp³-hybridized carbons (Fsp3) is 0.750. The van der Waals surface area contributed by atoms with Gasteiger partial charge >= 0.3 is 29.6 Å². The van der Waals surface area contributed by atoms with Crippen LogP contribution in [0.25, 0.3) is 0 Å².